The fraction of sp³-hybridized carbons (Fsp3) is 0. The first-order chi connectivity index (χ1) is 57.2. The number of halogens is 1. The van der Waals surface area contributed by atoms with E-state index in [-0.39, 0.29) is 0 Å². The van der Waals surface area contributed by atoms with Gasteiger partial charge in [-0.25, -0.2) is 19.9 Å². The Morgan fingerprint density at radius 1 is 0.216 bits per heavy atom. The molecule has 0 amide bonds. The van der Waals surface area contributed by atoms with Crippen molar-refractivity contribution in [2.75, 3.05) is 0 Å². The molecule has 544 valence electrons. The van der Waals surface area contributed by atoms with E-state index in [4.69, 9.17) is 19.9 Å². The minimum Gasteiger partial charge on any atom is -0.423 e. The van der Waals surface area contributed by atoms with E-state index >= 15 is 0 Å². The SMILES string of the molecule is Brc1cc2ccc(-c3ccccc3)c3ccc4cccc1c4c23.OB(O)c1cccc(-c2nc(-c3cccc(-c4cccnc4)c3)cc(-c3cncc4ccccc34)n2)c1.c1ccc(-c2ccc3cc(-c4cccc(-c5nc(-c6cccc(-c7cccnc7)c6)cc(-c6cncc7ccccc67)n5)c4)c4cccc5ccc2c3c54)cc1. The zero-order valence-corrected chi connectivity index (χ0v) is 64.0. The predicted molar refractivity (Wildman–Crippen MR) is 481 cm³/mol. The molecule has 0 saturated heterocycles. The molecule has 0 radical (unpaired) electrons. The molecule has 10 nitrogen and oxygen atoms in total. The minimum absolute atomic E-state index is 0.374. The van der Waals surface area contributed by atoms with Crippen LogP contribution in [0.15, 0.2) is 394 Å². The van der Waals surface area contributed by atoms with Gasteiger partial charge in [0.1, 0.15) is 0 Å². The smallest absolute Gasteiger partial charge is 0.423 e. The first-order valence-electron chi connectivity index (χ1n) is 38.4. The van der Waals surface area contributed by atoms with Crippen LogP contribution in [-0.4, -0.2) is 57.0 Å². The van der Waals surface area contributed by atoms with Gasteiger partial charge in [0, 0.05) is 109 Å². The molecular weight excluding hydrogens is 1480 g/mol. The van der Waals surface area contributed by atoms with Crippen LogP contribution >= 0.6 is 15.9 Å². The van der Waals surface area contributed by atoms with Crippen LogP contribution < -0.4 is 5.46 Å². The van der Waals surface area contributed by atoms with Crippen molar-refractivity contribution in [2.24, 2.45) is 0 Å². The Hall–Kier alpha value is -14.7. The van der Waals surface area contributed by atoms with E-state index in [0.717, 1.165) is 104 Å². The molecule has 0 aliphatic carbocycles. The van der Waals surface area contributed by atoms with E-state index < -0.39 is 7.12 Å². The Labute approximate surface area is 677 Å². The van der Waals surface area contributed by atoms with Crippen molar-refractivity contribution in [3.05, 3.63) is 394 Å². The molecule has 16 aromatic carbocycles. The summed E-state index contributed by atoms with van der Waals surface area (Å²) in [6.07, 6.45) is 14.8. The first-order valence-corrected chi connectivity index (χ1v) is 39.2. The molecule has 2 N–H and O–H groups in total. The van der Waals surface area contributed by atoms with Gasteiger partial charge in [-0.15, -0.1) is 0 Å². The number of nitrogens with zero attached hydrogens (tertiary/aromatic N) is 8. The number of pyridine rings is 4. The second-order valence-corrected chi connectivity index (χ2v) is 29.8. The summed E-state index contributed by atoms with van der Waals surface area (Å²) in [6, 6.07) is 118. The lowest BCUT2D eigenvalue weighted by Crippen LogP contribution is -2.29. The third-order valence-corrected chi connectivity index (χ3v) is 22.6. The zero-order valence-electron chi connectivity index (χ0n) is 62.4. The van der Waals surface area contributed by atoms with Crippen molar-refractivity contribution in [1.29, 1.82) is 0 Å². The monoisotopic (exact) mass is 1550 g/mol. The number of hydrogen-bond acceptors (Lipinski definition) is 10. The Morgan fingerprint density at radius 2 is 0.603 bits per heavy atom. The van der Waals surface area contributed by atoms with Gasteiger partial charge in [0.2, 0.25) is 0 Å². The van der Waals surface area contributed by atoms with Gasteiger partial charge in [0.25, 0.3) is 0 Å². The highest BCUT2D eigenvalue weighted by atomic mass is 79.9. The van der Waals surface area contributed by atoms with Gasteiger partial charge in [-0.1, -0.05) is 301 Å². The standard InChI is InChI=1S/C52H32N4.C30H21BN4O2.C22H13Br/c1-2-10-33(11-3-1)43-23-22-38-28-46(44-20-8-13-34-21-24-45(43)51(38)50(34)44)36-15-7-17-39(27-36)52-55-48(37-16-6-14-35(26-37)40-18-9-25-53-30-40)29-49(56-52)47-32-54-31-41-12-4-5-19-42(41)47;36-31(37)25-11-4-9-22(15-25)30-34-28(21-8-3-7-20(14-21)23-10-5-13-32-17-23)16-29(35-30)27-19-33-18-24-6-1-2-12-26(24)27;23-20-13-16-10-11-17(14-5-2-1-3-6-14)18-12-9-15-7-4-8-19(20)21(15)22(16)18/h1-32H;1-19,36-37H;1-13H. The molecule has 22 rings (SSSR count). The fourth-order valence-electron chi connectivity index (χ4n) is 16.4. The van der Waals surface area contributed by atoms with Crippen molar-refractivity contribution in [1.82, 2.24) is 39.9 Å². The molecule has 0 saturated carbocycles. The lowest BCUT2D eigenvalue weighted by Gasteiger charge is -2.17. The maximum absolute atomic E-state index is 9.72. The summed E-state index contributed by atoms with van der Waals surface area (Å²) in [6.45, 7) is 0. The summed E-state index contributed by atoms with van der Waals surface area (Å²) >= 11 is 3.74. The van der Waals surface area contributed by atoms with E-state index in [2.05, 4.69) is 285 Å². The van der Waals surface area contributed by atoms with E-state index in [1.165, 1.54) is 92.5 Å². The molecule has 0 aliphatic rings. The van der Waals surface area contributed by atoms with Crippen LogP contribution in [0.3, 0.4) is 0 Å². The molecule has 0 fully saturated rings. The van der Waals surface area contributed by atoms with Gasteiger partial charge in [-0.05, 0) is 180 Å². The first kappa shape index (κ1) is 70.5. The topological polar surface area (TPSA) is 144 Å². The molecule has 12 heteroatoms. The second-order valence-electron chi connectivity index (χ2n) is 28.9. The van der Waals surface area contributed by atoms with Crippen molar-refractivity contribution < 1.29 is 10.0 Å². The molecular formula is C104H66BBrN8O2. The Bertz CT molecular complexity index is 7460. The third-order valence-electron chi connectivity index (χ3n) is 21.9. The minimum atomic E-state index is -1.58. The molecule has 116 heavy (non-hydrogen) atoms. The lowest BCUT2D eigenvalue weighted by atomic mass is 9.79. The average Bonchev–Trinajstić information content (AvgIpc) is 0.734. The van der Waals surface area contributed by atoms with Gasteiger partial charge in [0.05, 0.1) is 22.8 Å². The quantitative estimate of drug-likeness (QED) is 0.0896. The van der Waals surface area contributed by atoms with Crippen molar-refractivity contribution >= 4 is 115 Å². The lowest BCUT2D eigenvalue weighted by molar-refractivity contribution is 0.426. The van der Waals surface area contributed by atoms with Crippen LogP contribution in [0.2, 0.25) is 0 Å². The number of fused-ring (bicyclic) bond motifs is 2. The summed E-state index contributed by atoms with van der Waals surface area (Å²) in [4.78, 5) is 38.1. The number of rotatable bonds is 12. The summed E-state index contributed by atoms with van der Waals surface area (Å²) in [5.74, 6) is 1.14. The van der Waals surface area contributed by atoms with Crippen molar-refractivity contribution in [2.45, 2.75) is 0 Å². The number of hydrogen-bond donors (Lipinski definition) is 2. The van der Waals surface area contributed by atoms with E-state index in [9.17, 15) is 10.0 Å². The maximum atomic E-state index is 9.72. The Morgan fingerprint density at radius 3 is 1.14 bits per heavy atom. The zero-order chi connectivity index (χ0) is 77.6. The normalized spacial score (nSPS) is 11.4. The number of aromatic nitrogens is 8. The van der Waals surface area contributed by atoms with Crippen molar-refractivity contribution in [3.63, 3.8) is 0 Å². The third kappa shape index (κ3) is 13.4. The highest BCUT2D eigenvalue weighted by Gasteiger charge is 2.22. The highest BCUT2D eigenvalue weighted by Crippen LogP contribution is 2.46. The van der Waals surface area contributed by atoms with E-state index in [0.29, 0.717) is 22.7 Å². The molecule has 0 aliphatic heterocycles. The van der Waals surface area contributed by atoms with Crippen LogP contribution in [0.1, 0.15) is 0 Å². The summed E-state index contributed by atoms with van der Waals surface area (Å²) in [5, 5.41) is 39.1. The summed E-state index contributed by atoms with van der Waals surface area (Å²) < 4.78 is 1.16. The van der Waals surface area contributed by atoms with Gasteiger partial charge >= 0.3 is 7.12 Å². The molecule has 22 aromatic rings. The molecule has 6 heterocycles. The molecule has 0 bridgehead atoms. The van der Waals surface area contributed by atoms with Crippen LogP contribution in [0.25, 0.3) is 210 Å². The Kier molecular flexibility index (Phi) is 18.5. The molecule has 0 unspecified atom stereocenters. The average molecular weight is 1550 g/mol. The van der Waals surface area contributed by atoms with Crippen LogP contribution in [0.5, 0.6) is 0 Å². The Balaban J connectivity index is 0.000000124. The second kappa shape index (κ2) is 30.4. The van der Waals surface area contributed by atoms with Crippen LogP contribution in [0, 0.1) is 0 Å². The largest absolute Gasteiger partial charge is 0.488 e. The summed E-state index contributed by atoms with van der Waals surface area (Å²) in [7, 11) is -1.58. The van der Waals surface area contributed by atoms with Crippen molar-refractivity contribution in [3.8, 4) is 123 Å². The van der Waals surface area contributed by atoms with Gasteiger partial charge in [-0.2, -0.15) is 0 Å². The fourth-order valence-corrected chi connectivity index (χ4v) is 17.0. The van der Waals surface area contributed by atoms with Crippen LogP contribution in [0.4, 0.5) is 0 Å². The highest BCUT2D eigenvalue weighted by molar-refractivity contribution is 9.10. The predicted octanol–water partition coefficient (Wildman–Crippen LogP) is 25.1. The number of benzene rings is 16. The van der Waals surface area contributed by atoms with Gasteiger partial charge in [-0.3, -0.25) is 19.9 Å². The molecule has 6 aromatic heterocycles. The van der Waals surface area contributed by atoms with E-state index in [1.807, 2.05) is 110 Å². The van der Waals surface area contributed by atoms with Gasteiger partial charge < -0.3 is 10.0 Å². The van der Waals surface area contributed by atoms with Crippen LogP contribution in [-0.2, 0) is 0 Å². The summed E-state index contributed by atoms with van der Waals surface area (Å²) in [5.41, 5.74) is 20.4. The maximum Gasteiger partial charge on any atom is 0.488 e. The van der Waals surface area contributed by atoms with E-state index in [1.54, 1.807) is 30.6 Å². The molecule has 0 spiro atoms. The molecule has 0 atom stereocenters. The van der Waals surface area contributed by atoms with Gasteiger partial charge in [0.15, 0.2) is 11.6 Å².